The molecule has 1 aromatic carbocycles. The molecule has 0 saturated heterocycles. The molecule has 6 nitrogen and oxygen atoms in total. The Morgan fingerprint density at radius 1 is 1.20 bits per heavy atom. The summed E-state index contributed by atoms with van der Waals surface area (Å²) in [5, 5.41) is 3.08. The van der Waals surface area contributed by atoms with E-state index in [9.17, 15) is 8.42 Å². The number of nitrogens with zero attached hydrogens (tertiary/aromatic N) is 2. The fourth-order valence-electron chi connectivity index (χ4n) is 1.62. The number of benzene rings is 1. The van der Waals surface area contributed by atoms with E-state index in [0.29, 0.717) is 17.1 Å². The maximum atomic E-state index is 11.1. The van der Waals surface area contributed by atoms with Crippen LogP contribution in [0.4, 0.5) is 11.5 Å². The smallest absolute Gasteiger partial charge is 0.294 e. The van der Waals surface area contributed by atoms with Gasteiger partial charge >= 0.3 is 0 Å². The topological polar surface area (TPSA) is 92.2 Å². The van der Waals surface area contributed by atoms with E-state index in [2.05, 4.69) is 15.3 Å². The summed E-state index contributed by atoms with van der Waals surface area (Å²) in [6.45, 7) is 1.56. The first-order valence-corrected chi connectivity index (χ1v) is 7.50. The lowest BCUT2D eigenvalue weighted by Gasteiger charge is -2.09. The summed E-state index contributed by atoms with van der Waals surface area (Å²) in [6, 6.07) is 5.80. The first-order valence-electron chi connectivity index (χ1n) is 5.31. The summed E-state index contributed by atoms with van der Waals surface area (Å²) in [5.41, 5.74) is 0.962. The molecule has 2 rings (SSSR count). The molecule has 106 valence electrons. The minimum Gasteiger partial charge on any atom is -0.340 e. The molecule has 0 spiro atoms. The van der Waals surface area contributed by atoms with Crippen LogP contribution in [0.2, 0.25) is 10.4 Å². The number of nitrogens with one attached hydrogen (secondary N) is 1. The Hall–Kier alpha value is -1.41. The molecule has 1 aromatic heterocycles. The van der Waals surface area contributed by atoms with E-state index in [1.807, 2.05) is 0 Å². The van der Waals surface area contributed by atoms with Crippen LogP contribution in [-0.2, 0) is 10.1 Å². The lowest BCUT2D eigenvalue weighted by molar-refractivity contribution is 0.482. The molecule has 0 radical (unpaired) electrons. The van der Waals surface area contributed by atoms with E-state index in [1.165, 1.54) is 18.2 Å². The molecular weight excluding hydrogens is 325 g/mol. The standard InChI is InChI=1S/C11H9Cl2N3O3S/c1-6-4-7(2-3-8(6)20(17,18)19)14-10-5-9(12)15-11(13)16-10/h2-5H,1H3,(H,14,15,16)(H,17,18,19). The van der Waals surface area contributed by atoms with Crippen LogP contribution in [0.1, 0.15) is 5.56 Å². The third-order valence-corrected chi connectivity index (χ3v) is 3.77. The minimum absolute atomic E-state index is 0.00808. The average molecular weight is 334 g/mol. The Balaban J connectivity index is 2.33. The molecule has 0 bridgehead atoms. The van der Waals surface area contributed by atoms with Crippen LogP contribution in [0.25, 0.3) is 0 Å². The molecule has 0 fully saturated rings. The Kier molecular flexibility index (Phi) is 4.14. The van der Waals surface area contributed by atoms with Gasteiger partial charge in [-0.2, -0.15) is 8.42 Å². The molecule has 2 aromatic rings. The number of aromatic nitrogens is 2. The first-order chi connectivity index (χ1) is 9.25. The van der Waals surface area contributed by atoms with E-state index >= 15 is 0 Å². The van der Waals surface area contributed by atoms with Gasteiger partial charge in [-0.1, -0.05) is 11.6 Å². The lowest BCUT2D eigenvalue weighted by atomic mass is 10.2. The molecule has 1 heterocycles. The largest absolute Gasteiger partial charge is 0.340 e. The van der Waals surface area contributed by atoms with Crippen LogP contribution in [0.15, 0.2) is 29.2 Å². The fraction of sp³-hybridized carbons (Fsp3) is 0.0909. The van der Waals surface area contributed by atoms with Crippen molar-refractivity contribution in [2.24, 2.45) is 0 Å². The molecule has 2 N–H and O–H groups in total. The van der Waals surface area contributed by atoms with Crippen molar-refractivity contribution in [1.29, 1.82) is 0 Å². The summed E-state index contributed by atoms with van der Waals surface area (Å²) in [4.78, 5) is 7.48. The Morgan fingerprint density at radius 2 is 1.90 bits per heavy atom. The van der Waals surface area contributed by atoms with Crippen LogP contribution < -0.4 is 5.32 Å². The van der Waals surface area contributed by atoms with Gasteiger partial charge in [-0.3, -0.25) is 4.55 Å². The van der Waals surface area contributed by atoms with Crippen LogP contribution in [0, 0.1) is 6.92 Å². The molecule has 0 unspecified atom stereocenters. The molecule has 0 amide bonds. The zero-order valence-electron chi connectivity index (χ0n) is 10.1. The van der Waals surface area contributed by atoms with Gasteiger partial charge in [-0.05, 0) is 42.3 Å². The molecule has 0 aliphatic rings. The Morgan fingerprint density at radius 3 is 2.45 bits per heavy atom. The minimum atomic E-state index is -4.23. The normalized spacial score (nSPS) is 11.4. The van der Waals surface area contributed by atoms with Gasteiger partial charge in [0.2, 0.25) is 5.28 Å². The van der Waals surface area contributed by atoms with Crippen LogP contribution >= 0.6 is 23.2 Å². The highest BCUT2D eigenvalue weighted by Gasteiger charge is 2.13. The van der Waals surface area contributed by atoms with E-state index < -0.39 is 10.1 Å². The summed E-state index contributed by atoms with van der Waals surface area (Å²) in [5.74, 6) is 0.369. The van der Waals surface area contributed by atoms with Crippen LogP contribution in [-0.4, -0.2) is 22.9 Å². The van der Waals surface area contributed by atoms with Crippen molar-refractivity contribution in [2.75, 3.05) is 5.32 Å². The maximum absolute atomic E-state index is 11.1. The van der Waals surface area contributed by atoms with Gasteiger partial charge in [0.05, 0.1) is 4.90 Å². The number of hydrogen-bond donors (Lipinski definition) is 2. The number of rotatable bonds is 3. The summed E-state index contributed by atoms with van der Waals surface area (Å²) in [6.07, 6.45) is 0. The molecule has 0 atom stereocenters. The third kappa shape index (κ3) is 3.57. The van der Waals surface area contributed by atoms with Gasteiger partial charge < -0.3 is 5.32 Å². The predicted octanol–water partition coefficient (Wildman–Crippen LogP) is 3.08. The second-order valence-corrected chi connectivity index (χ2v) is 6.04. The number of halogens is 2. The summed E-state index contributed by atoms with van der Waals surface area (Å²) < 4.78 is 31.2. The fourth-order valence-corrected chi connectivity index (χ4v) is 2.73. The molecule has 0 saturated carbocycles. The predicted molar refractivity (Wildman–Crippen MR) is 76.3 cm³/mol. The second kappa shape index (κ2) is 5.53. The number of anilines is 2. The zero-order valence-corrected chi connectivity index (χ0v) is 12.5. The van der Waals surface area contributed by atoms with E-state index in [-0.39, 0.29) is 15.3 Å². The van der Waals surface area contributed by atoms with E-state index in [1.54, 1.807) is 13.0 Å². The molecule has 9 heteroatoms. The number of hydrogen-bond acceptors (Lipinski definition) is 5. The van der Waals surface area contributed by atoms with Crippen LogP contribution in [0.3, 0.4) is 0 Å². The monoisotopic (exact) mass is 333 g/mol. The first kappa shape index (κ1) is 15.0. The molecule has 0 aliphatic heterocycles. The third-order valence-electron chi connectivity index (χ3n) is 2.39. The van der Waals surface area contributed by atoms with Crippen molar-refractivity contribution in [1.82, 2.24) is 9.97 Å². The SMILES string of the molecule is Cc1cc(Nc2cc(Cl)nc(Cl)n2)ccc1S(=O)(=O)O. The van der Waals surface area contributed by atoms with Crippen molar-refractivity contribution >= 4 is 44.8 Å². The average Bonchev–Trinajstić information content (AvgIpc) is 2.25. The van der Waals surface area contributed by atoms with E-state index in [4.69, 9.17) is 27.8 Å². The second-order valence-electron chi connectivity index (χ2n) is 3.93. The van der Waals surface area contributed by atoms with Crippen LogP contribution in [0.5, 0.6) is 0 Å². The van der Waals surface area contributed by atoms with Crippen molar-refractivity contribution in [3.63, 3.8) is 0 Å². The van der Waals surface area contributed by atoms with Crippen molar-refractivity contribution in [3.8, 4) is 0 Å². The van der Waals surface area contributed by atoms with Gasteiger partial charge in [0, 0.05) is 11.8 Å². The van der Waals surface area contributed by atoms with Crippen molar-refractivity contribution < 1.29 is 13.0 Å². The molecule has 0 aliphatic carbocycles. The van der Waals surface area contributed by atoms with Gasteiger partial charge in [0.1, 0.15) is 11.0 Å². The van der Waals surface area contributed by atoms with Gasteiger partial charge in [0.25, 0.3) is 10.1 Å². The molecular formula is C11H9Cl2N3O3S. The van der Waals surface area contributed by atoms with Gasteiger partial charge in [-0.15, -0.1) is 0 Å². The molecule has 20 heavy (non-hydrogen) atoms. The Bertz CT molecular complexity index is 745. The zero-order chi connectivity index (χ0) is 14.9. The van der Waals surface area contributed by atoms with Crippen molar-refractivity contribution in [3.05, 3.63) is 40.3 Å². The summed E-state index contributed by atoms with van der Waals surface area (Å²) in [7, 11) is -4.23. The highest BCUT2D eigenvalue weighted by Crippen LogP contribution is 2.23. The number of aryl methyl sites for hydroxylation is 1. The lowest BCUT2D eigenvalue weighted by Crippen LogP contribution is -2.02. The maximum Gasteiger partial charge on any atom is 0.294 e. The highest BCUT2D eigenvalue weighted by molar-refractivity contribution is 7.85. The quantitative estimate of drug-likeness (QED) is 0.509. The van der Waals surface area contributed by atoms with Gasteiger partial charge in [-0.25, -0.2) is 9.97 Å². The summed E-state index contributed by atoms with van der Waals surface area (Å²) >= 11 is 11.4. The highest BCUT2D eigenvalue weighted by atomic mass is 35.5. The van der Waals surface area contributed by atoms with E-state index in [0.717, 1.165) is 0 Å². The Labute approximate surface area is 125 Å². The van der Waals surface area contributed by atoms with Gasteiger partial charge in [0.15, 0.2) is 0 Å². The van der Waals surface area contributed by atoms with Crippen molar-refractivity contribution in [2.45, 2.75) is 11.8 Å².